The zero-order valence-electron chi connectivity index (χ0n) is 13.2. The second-order valence-electron chi connectivity index (χ2n) is 5.64. The van der Waals surface area contributed by atoms with E-state index in [0.717, 1.165) is 22.7 Å². The molecular weight excluding hydrogens is 296 g/mol. The molecule has 0 aliphatic heterocycles. The maximum Gasteiger partial charge on any atom is 0.224 e. The van der Waals surface area contributed by atoms with Crippen molar-refractivity contribution in [2.24, 2.45) is 5.92 Å². The SMILES string of the molecule is COc1ccc(CC(=O)NC(CC(C)C)c2nccs2)cc1. The molecule has 1 heterocycles. The van der Waals surface area contributed by atoms with Crippen molar-refractivity contribution in [2.45, 2.75) is 32.7 Å². The third-order valence-corrected chi connectivity index (χ3v) is 4.20. The van der Waals surface area contributed by atoms with Crippen LogP contribution in [0.5, 0.6) is 5.75 Å². The number of carbonyl (C=O) groups excluding carboxylic acids is 1. The van der Waals surface area contributed by atoms with Crippen molar-refractivity contribution in [3.05, 3.63) is 46.4 Å². The fraction of sp³-hybridized carbons (Fsp3) is 0.412. The first-order chi connectivity index (χ1) is 10.6. The Hall–Kier alpha value is -1.88. The van der Waals surface area contributed by atoms with Gasteiger partial charge in [0.05, 0.1) is 19.6 Å². The fourth-order valence-electron chi connectivity index (χ4n) is 2.27. The Morgan fingerprint density at radius 3 is 2.59 bits per heavy atom. The number of thiazole rings is 1. The van der Waals surface area contributed by atoms with Crippen LogP contribution < -0.4 is 10.1 Å². The highest BCUT2D eigenvalue weighted by Gasteiger charge is 2.18. The van der Waals surface area contributed by atoms with E-state index in [0.29, 0.717) is 12.3 Å². The highest BCUT2D eigenvalue weighted by atomic mass is 32.1. The van der Waals surface area contributed by atoms with Crippen LogP contribution in [0, 0.1) is 5.92 Å². The van der Waals surface area contributed by atoms with Crippen LogP contribution in [0.15, 0.2) is 35.8 Å². The van der Waals surface area contributed by atoms with Crippen molar-refractivity contribution in [2.75, 3.05) is 7.11 Å². The van der Waals surface area contributed by atoms with Gasteiger partial charge in [-0.2, -0.15) is 0 Å². The lowest BCUT2D eigenvalue weighted by atomic mass is 10.0. The van der Waals surface area contributed by atoms with Crippen molar-refractivity contribution in [1.82, 2.24) is 10.3 Å². The lowest BCUT2D eigenvalue weighted by molar-refractivity contribution is -0.121. The van der Waals surface area contributed by atoms with Crippen LogP contribution in [-0.2, 0) is 11.2 Å². The summed E-state index contributed by atoms with van der Waals surface area (Å²) in [5.74, 6) is 1.31. The molecule has 1 amide bonds. The van der Waals surface area contributed by atoms with Crippen molar-refractivity contribution in [3.63, 3.8) is 0 Å². The molecule has 5 heteroatoms. The first kappa shape index (κ1) is 16.5. The monoisotopic (exact) mass is 318 g/mol. The molecule has 4 nitrogen and oxygen atoms in total. The molecule has 0 fully saturated rings. The van der Waals surface area contributed by atoms with E-state index < -0.39 is 0 Å². The van der Waals surface area contributed by atoms with Gasteiger partial charge in [0.25, 0.3) is 0 Å². The van der Waals surface area contributed by atoms with Gasteiger partial charge in [0, 0.05) is 11.6 Å². The van der Waals surface area contributed by atoms with E-state index in [-0.39, 0.29) is 11.9 Å². The van der Waals surface area contributed by atoms with E-state index in [2.05, 4.69) is 24.1 Å². The van der Waals surface area contributed by atoms with Crippen LogP contribution in [-0.4, -0.2) is 18.0 Å². The van der Waals surface area contributed by atoms with E-state index in [1.807, 2.05) is 29.6 Å². The molecule has 0 saturated heterocycles. The third kappa shape index (κ3) is 4.84. The predicted molar refractivity (Wildman–Crippen MR) is 89.2 cm³/mol. The third-order valence-electron chi connectivity index (χ3n) is 3.32. The zero-order valence-corrected chi connectivity index (χ0v) is 14.0. The van der Waals surface area contributed by atoms with Gasteiger partial charge >= 0.3 is 0 Å². The molecule has 22 heavy (non-hydrogen) atoms. The number of methoxy groups -OCH3 is 1. The smallest absolute Gasteiger partial charge is 0.224 e. The molecule has 0 saturated carbocycles. The molecule has 118 valence electrons. The van der Waals surface area contributed by atoms with Crippen molar-refractivity contribution in [3.8, 4) is 5.75 Å². The molecular formula is C17H22N2O2S. The summed E-state index contributed by atoms with van der Waals surface area (Å²) < 4.78 is 5.12. The largest absolute Gasteiger partial charge is 0.497 e. The molecule has 1 N–H and O–H groups in total. The van der Waals surface area contributed by atoms with Crippen molar-refractivity contribution >= 4 is 17.2 Å². The molecule has 0 aliphatic carbocycles. The number of aromatic nitrogens is 1. The Bertz CT molecular complexity index is 579. The van der Waals surface area contributed by atoms with Gasteiger partial charge in [-0.15, -0.1) is 11.3 Å². The number of nitrogens with zero attached hydrogens (tertiary/aromatic N) is 1. The molecule has 0 aliphatic rings. The van der Waals surface area contributed by atoms with Gasteiger partial charge in [-0.1, -0.05) is 26.0 Å². The van der Waals surface area contributed by atoms with Crippen molar-refractivity contribution in [1.29, 1.82) is 0 Å². The standard InChI is InChI=1S/C17H22N2O2S/c1-12(2)10-15(17-18-8-9-22-17)19-16(20)11-13-4-6-14(21-3)7-5-13/h4-9,12,15H,10-11H2,1-3H3,(H,19,20). The lowest BCUT2D eigenvalue weighted by Gasteiger charge is -2.18. The van der Waals surface area contributed by atoms with Gasteiger partial charge in [-0.25, -0.2) is 4.98 Å². The second kappa shape index (κ2) is 7.94. The fourth-order valence-corrected chi connectivity index (χ4v) is 2.98. The van der Waals surface area contributed by atoms with Crippen molar-refractivity contribution < 1.29 is 9.53 Å². The van der Waals surface area contributed by atoms with Crippen LogP contribution >= 0.6 is 11.3 Å². The Balaban J connectivity index is 1.98. The number of carbonyl (C=O) groups is 1. The Morgan fingerprint density at radius 2 is 2.05 bits per heavy atom. The van der Waals surface area contributed by atoms with Crippen LogP contribution in [0.2, 0.25) is 0 Å². The van der Waals surface area contributed by atoms with Crippen LogP contribution in [0.25, 0.3) is 0 Å². The number of hydrogen-bond acceptors (Lipinski definition) is 4. The molecule has 2 rings (SSSR count). The second-order valence-corrected chi connectivity index (χ2v) is 6.57. The van der Waals surface area contributed by atoms with E-state index in [1.165, 1.54) is 0 Å². The summed E-state index contributed by atoms with van der Waals surface area (Å²) in [5.41, 5.74) is 0.973. The summed E-state index contributed by atoms with van der Waals surface area (Å²) in [6.07, 6.45) is 3.04. The van der Waals surface area contributed by atoms with E-state index in [4.69, 9.17) is 4.74 Å². The summed E-state index contributed by atoms with van der Waals surface area (Å²) in [4.78, 5) is 16.6. The number of ether oxygens (including phenoxy) is 1. The predicted octanol–water partition coefficient (Wildman–Crippen LogP) is 3.60. The molecule has 1 aromatic carbocycles. The highest BCUT2D eigenvalue weighted by Crippen LogP contribution is 2.23. The minimum absolute atomic E-state index is 0.00857. The van der Waals surface area contributed by atoms with Crippen LogP contribution in [0.3, 0.4) is 0 Å². The number of benzene rings is 1. The molecule has 2 aromatic rings. The molecule has 0 radical (unpaired) electrons. The topological polar surface area (TPSA) is 51.2 Å². The van der Waals surface area contributed by atoms with E-state index >= 15 is 0 Å². The Morgan fingerprint density at radius 1 is 1.32 bits per heavy atom. The minimum Gasteiger partial charge on any atom is -0.497 e. The van der Waals surface area contributed by atoms with Gasteiger partial charge in [-0.05, 0) is 30.0 Å². The summed E-state index contributed by atoms with van der Waals surface area (Å²) in [6.45, 7) is 4.30. The summed E-state index contributed by atoms with van der Waals surface area (Å²) in [5, 5.41) is 6.02. The number of amides is 1. The Kier molecular flexibility index (Phi) is 5.95. The first-order valence-electron chi connectivity index (χ1n) is 7.40. The van der Waals surface area contributed by atoms with Gasteiger partial charge in [-0.3, -0.25) is 4.79 Å². The first-order valence-corrected chi connectivity index (χ1v) is 8.28. The van der Waals surface area contributed by atoms with Gasteiger partial charge in [0.1, 0.15) is 10.8 Å². The number of hydrogen-bond donors (Lipinski definition) is 1. The molecule has 1 aromatic heterocycles. The minimum atomic E-state index is -0.00857. The molecule has 1 unspecified atom stereocenters. The molecule has 0 bridgehead atoms. The number of nitrogens with one attached hydrogen (secondary N) is 1. The van der Waals surface area contributed by atoms with Gasteiger partial charge in [0.15, 0.2) is 0 Å². The highest BCUT2D eigenvalue weighted by molar-refractivity contribution is 7.09. The van der Waals surface area contributed by atoms with Gasteiger partial charge in [0.2, 0.25) is 5.91 Å². The summed E-state index contributed by atoms with van der Waals surface area (Å²) in [6, 6.07) is 7.56. The lowest BCUT2D eigenvalue weighted by Crippen LogP contribution is -2.30. The quantitative estimate of drug-likeness (QED) is 0.848. The maximum atomic E-state index is 12.3. The van der Waals surface area contributed by atoms with E-state index in [1.54, 1.807) is 24.6 Å². The van der Waals surface area contributed by atoms with Gasteiger partial charge < -0.3 is 10.1 Å². The Labute approximate surface area is 135 Å². The summed E-state index contributed by atoms with van der Waals surface area (Å²) >= 11 is 1.58. The maximum absolute atomic E-state index is 12.3. The zero-order chi connectivity index (χ0) is 15.9. The molecule has 1 atom stereocenters. The van der Waals surface area contributed by atoms with Crippen LogP contribution in [0.4, 0.5) is 0 Å². The normalized spacial score (nSPS) is 12.2. The average molecular weight is 318 g/mol. The average Bonchev–Trinajstić information content (AvgIpc) is 3.01. The van der Waals surface area contributed by atoms with Crippen LogP contribution in [0.1, 0.15) is 36.9 Å². The molecule has 0 spiro atoms. The number of rotatable bonds is 7. The van der Waals surface area contributed by atoms with E-state index in [9.17, 15) is 4.79 Å². The summed E-state index contributed by atoms with van der Waals surface area (Å²) in [7, 11) is 1.63.